The van der Waals surface area contributed by atoms with Crippen LogP contribution in [0.15, 0.2) is 0 Å². The standard InChI is InChI=1S/C6H13BS/c1-3-5-6(4-2)8-7/h6H,3-5H2,1-2H3. The molecule has 0 spiro atoms. The van der Waals surface area contributed by atoms with Crippen LogP contribution in [0.5, 0.6) is 0 Å². The molecule has 0 aliphatic rings. The Morgan fingerprint density at radius 1 is 1.50 bits per heavy atom. The van der Waals surface area contributed by atoms with Crippen LogP contribution >= 0.6 is 11.6 Å². The van der Waals surface area contributed by atoms with Gasteiger partial charge in [0.2, 0.25) is 0 Å². The van der Waals surface area contributed by atoms with Crippen molar-refractivity contribution in [3.63, 3.8) is 0 Å². The Balaban J connectivity index is 3.07. The van der Waals surface area contributed by atoms with Gasteiger partial charge in [0.25, 0.3) is 0 Å². The fraction of sp³-hybridized carbons (Fsp3) is 1.00. The van der Waals surface area contributed by atoms with Gasteiger partial charge < -0.3 is 0 Å². The summed E-state index contributed by atoms with van der Waals surface area (Å²) in [4.78, 5) is 0. The Morgan fingerprint density at radius 2 is 2.12 bits per heavy atom. The molecular weight excluding hydrogens is 115 g/mol. The summed E-state index contributed by atoms with van der Waals surface area (Å²) in [5.41, 5.74) is 0. The number of rotatable bonds is 4. The lowest BCUT2D eigenvalue weighted by molar-refractivity contribution is 0.722. The summed E-state index contributed by atoms with van der Waals surface area (Å²) in [7, 11) is 5.39. The van der Waals surface area contributed by atoms with Crippen LogP contribution in [0.4, 0.5) is 0 Å². The lowest BCUT2D eigenvalue weighted by Gasteiger charge is -2.08. The molecule has 0 saturated heterocycles. The van der Waals surface area contributed by atoms with Gasteiger partial charge in [0.05, 0.1) is 0 Å². The highest BCUT2D eigenvalue weighted by atomic mass is 32.2. The summed E-state index contributed by atoms with van der Waals surface area (Å²) in [6.45, 7) is 4.37. The first-order valence-electron chi connectivity index (χ1n) is 3.20. The van der Waals surface area contributed by atoms with Crippen molar-refractivity contribution >= 4 is 18.7 Å². The second kappa shape index (κ2) is 5.55. The third kappa shape index (κ3) is 3.42. The van der Waals surface area contributed by atoms with Gasteiger partial charge in [0, 0.05) is 0 Å². The molecule has 1 atom stereocenters. The van der Waals surface area contributed by atoms with Crippen LogP contribution < -0.4 is 0 Å². The van der Waals surface area contributed by atoms with Crippen molar-refractivity contribution in [2.24, 2.45) is 0 Å². The van der Waals surface area contributed by atoms with E-state index in [4.69, 9.17) is 7.12 Å². The third-order valence-corrected chi connectivity index (χ3v) is 2.21. The lowest BCUT2D eigenvalue weighted by atomic mass is 10.2. The maximum absolute atomic E-state index is 5.39. The molecule has 2 radical (unpaired) electrons. The molecule has 0 amide bonds. The Labute approximate surface area is 57.7 Å². The van der Waals surface area contributed by atoms with Gasteiger partial charge in [-0.3, -0.25) is 0 Å². The van der Waals surface area contributed by atoms with Crippen LogP contribution in [-0.2, 0) is 0 Å². The first-order valence-corrected chi connectivity index (χ1v) is 4.14. The van der Waals surface area contributed by atoms with E-state index in [0.29, 0.717) is 5.25 Å². The van der Waals surface area contributed by atoms with Gasteiger partial charge >= 0.3 is 0 Å². The zero-order chi connectivity index (χ0) is 6.41. The third-order valence-electron chi connectivity index (χ3n) is 1.26. The van der Waals surface area contributed by atoms with E-state index in [1.807, 2.05) is 0 Å². The van der Waals surface area contributed by atoms with E-state index in [2.05, 4.69) is 13.8 Å². The van der Waals surface area contributed by atoms with E-state index >= 15 is 0 Å². The molecular formula is C6H13BS. The fourth-order valence-corrected chi connectivity index (χ4v) is 1.25. The van der Waals surface area contributed by atoms with Crippen LogP contribution in [0.2, 0.25) is 0 Å². The molecule has 0 aliphatic heterocycles. The van der Waals surface area contributed by atoms with Crippen molar-refractivity contribution < 1.29 is 0 Å². The maximum Gasteiger partial charge on any atom is 0.161 e. The van der Waals surface area contributed by atoms with Gasteiger partial charge in [-0.2, -0.15) is 0 Å². The summed E-state index contributed by atoms with van der Waals surface area (Å²) < 4.78 is 0. The molecule has 46 valence electrons. The molecule has 8 heavy (non-hydrogen) atoms. The Morgan fingerprint density at radius 3 is 2.25 bits per heavy atom. The predicted octanol–water partition coefficient (Wildman–Crippen LogP) is 2.38. The highest BCUT2D eigenvalue weighted by Gasteiger charge is 1.98. The molecule has 0 rings (SSSR count). The van der Waals surface area contributed by atoms with Gasteiger partial charge in [0.1, 0.15) is 0 Å². The average molecular weight is 128 g/mol. The maximum atomic E-state index is 5.39. The second-order valence-corrected chi connectivity index (χ2v) is 2.89. The van der Waals surface area contributed by atoms with Gasteiger partial charge in [-0.25, -0.2) is 11.6 Å². The summed E-state index contributed by atoms with van der Waals surface area (Å²) >= 11 is 1.49. The van der Waals surface area contributed by atoms with Crippen molar-refractivity contribution in [2.45, 2.75) is 38.4 Å². The fourth-order valence-electron chi connectivity index (χ4n) is 0.690. The van der Waals surface area contributed by atoms with Crippen LogP contribution in [0, 0.1) is 0 Å². The zero-order valence-corrected chi connectivity index (χ0v) is 6.50. The van der Waals surface area contributed by atoms with E-state index in [1.165, 1.54) is 30.9 Å². The van der Waals surface area contributed by atoms with Gasteiger partial charge in [-0.05, 0) is 18.1 Å². The Kier molecular flexibility index (Phi) is 5.84. The van der Waals surface area contributed by atoms with Crippen LogP contribution in [0.1, 0.15) is 33.1 Å². The number of hydrogen-bond acceptors (Lipinski definition) is 1. The Hall–Kier alpha value is 0.415. The summed E-state index contributed by atoms with van der Waals surface area (Å²) in [5.74, 6) is 0. The minimum absolute atomic E-state index is 0.694. The molecule has 0 bridgehead atoms. The van der Waals surface area contributed by atoms with E-state index in [0.717, 1.165) is 0 Å². The quantitative estimate of drug-likeness (QED) is 0.523. The van der Waals surface area contributed by atoms with Crippen LogP contribution in [-0.4, -0.2) is 12.4 Å². The smallest absolute Gasteiger partial charge is 0.161 e. The molecule has 0 aromatic rings. The predicted molar refractivity (Wildman–Crippen MR) is 42.3 cm³/mol. The zero-order valence-electron chi connectivity index (χ0n) is 5.68. The van der Waals surface area contributed by atoms with Crippen molar-refractivity contribution in [3.05, 3.63) is 0 Å². The molecule has 0 saturated carbocycles. The Bertz CT molecular complexity index is 43.8. The van der Waals surface area contributed by atoms with E-state index in [1.54, 1.807) is 0 Å². The highest BCUT2D eigenvalue weighted by molar-refractivity contribution is 8.20. The molecule has 0 nitrogen and oxygen atoms in total. The summed E-state index contributed by atoms with van der Waals surface area (Å²) in [6, 6.07) is 0. The van der Waals surface area contributed by atoms with Crippen LogP contribution in [0.25, 0.3) is 0 Å². The topological polar surface area (TPSA) is 0 Å². The summed E-state index contributed by atoms with van der Waals surface area (Å²) in [6.07, 6.45) is 3.72. The van der Waals surface area contributed by atoms with Gasteiger partial charge in [-0.1, -0.05) is 20.3 Å². The monoisotopic (exact) mass is 128 g/mol. The summed E-state index contributed by atoms with van der Waals surface area (Å²) in [5, 5.41) is 0.694. The molecule has 2 heteroatoms. The molecule has 0 aromatic carbocycles. The van der Waals surface area contributed by atoms with Gasteiger partial charge in [-0.15, -0.1) is 0 Å². The first kappa shape index (κ1) is 8.41. The van der Waals surface area contributed by atoms with E-state index in [-0.39, 0.29) is 0 Å². The number of hydrogen-bond donors (Lipinski definition) is 0. The largest absolute Gasteiger partial charge is 0.224 e. The lowest BCUT2D eigenvalue weighted by Crippen LogP contribution is -1.97. The molecule has 0 aliphatic carbocycles. The second-order valence-electron chi connectivity index (χ2n) is 1.96. The van der Waals surface area contributed by atoms with Crippen LogP contribution in [0.3, 0.4) is 0 Å². The van der Waals surface area contributed by atoms with Gasteiger partial charge in [0.15, 0.2) is 7.12 Å². The van der Waals surface area contributed by atoms with E-state index < -0.39 is 0 Å². The minimum Gasteiger partial charge on any atom is -0.224 e. The van der Waals surface area contributed by atoms with E-state index in [9.17, 15) is 0 Å². The first-order chi connectivity index (χ1) is 3.85. The van der Waals surface area contributed by atoms with Crippen molar-refractivity contribution in [1.82, 2.24) is 0 Å². The molecule has 1 unspecified atom stereocenters. The molecule has 0 aromatic heterocycles. The van der Waals surface area contributed by atoms with Crippen molar-refractivity contribution in [2.75, 3.05) is 0 Å². The average Bonchev–Trinajstić information content (AvgIpc) is 1.83. The minimum atomic E-state index is 0.694. The SMILES string of the molecule is [B]SC(CC)CCC. The van der Waals surface area contributed by atoms with Crippen molar-refractivity contribution in [1.29, 1.82) is 0 Å². The molecule has 0 N–H and O–H groups in total. The molecule has 0 heterocycles. The molecule has 0 fully saturated rings. The normalized spacial score (nSPS) is 13.8. The van der Waals surface area contributed by atoms with Crippen molar-refractivity contribution in [3.8, 4) is 0 Å². The highest BCUT2D eigenvalue weighted by Crippen LogP contribution is 2.14.